The average Bonchev–Trinajstić information content (AvgIpc) is 2.22. The molecule has 0 saturated carbocycles. The predicted octanol–water partition coefficient (Wildman–Crippen LogP) is 1.35. The first-order valence-electron chi connectivity index (χ1n) is 4.73. The molecule has 2 aromatic rings. The highest BCUT2D eigenvalue weighted by molar-refractivity contribution is 5.24. The zero-order valence-electron chi connectivity index (χ0n) is 8.51. The molecule has 1 heterocycles. The Balaban J connectivity index is 2.18. The molecule has 4 nitrogen and oxygen atoms in total. The van der Waals surface area contributed by atoms with Crippen molar-refractivity contribution in [2.75, 3.05) is 5.73 Å². The van der Waals surface area contributed by atoms with Crippen molar-refractivity contribution in [3.05, 3.63) is 47.5 Å². The van der Waals surface area contributed by atoms with Crippen LogP contribution in [0.5, 0.6) is 0 Å². The Morgan fingerprint density at radius 3 is 2.53 bits per heavy atom. The standard InChI is InChI=1S/C11H12N4/c1-8-2-4-9(5-3-8)6-10-13-7-14-11(12)15-10/h2-5,7H,6H2,1H3,(H2,12,13,14,15). The summed E-state index contributed by atoms with van der Waals surface area (Å²) >= 11 is 0. The van der Waals surface area contributed by atoms with Gasteiger partial charge in [-0.2, -0.15) is 4.98 Å². The van der Waals surface area contributed by atoms with E-state index < -0.39 is 0 Å². The van der Waals surface area contributed by atoms with Gasteiger partial charge in [-0.05, 0) is 12.5 Å². The second kappa shape index (κ2) is 4.04. The lowest BCUT2D eigenvalue weighted by molar-refractivity contribution is 0.928. The van der Waals surface area contributed by atoms with Gasteiger partial charge in [0.15, 0.2) is 0 Å². The number of nitrogens with two attached hydrogens (primary N) is 1. The van der Waals surface area contributed by atoms with Gasteiger partial charge in [-0.1, -0.05) is 29.8 Å². The Kier molecular flexibility index (Phi) is 2.58. The fourth-order valence-corrected chi connectivity index (χ4v) is 1.32. The molecule has 1 aromatic heterocycles. The van der Waals surface area contributed by atoms with Crippen LogP contribution in [0.3, 0.4) is 0 Å². The second-order valence-electron chi connectivity index (χ2n) is 3.42. The maximum absolute atomic E-state index is 5.47. The maximum Gasteiger partial charge on any atom is 0.223 e. The Bertz CT molecular complexity index is 450. The SMILES string of the molecule is Cc1ccc(Cc2ncnc(N)n2)cc1. The minimum absolute atomic E-state index is 0.270. The van der Waals surface area contributed by atoms with Crippen LogP contribution in [0.15, 0.2) is 30.6 Å². The summed E-state index contributed by atoms with van der Waals surface area (Å²) in [5, 5.41) is 0. The number of aryl methyl sites for hydroxylation is 1. The molecule has 4 heteroatoms. The molecule has 0 fully saturated rings. The van der Waals surface area contributed by atoms with Crippen LogP contribution in [0.25, 0.3) is 0 Å². The van der Waals surface area contributed by atoms with E-state index in [2.05, 4.69) is 46.1 Å². The minimum Gasteiger partial charge on any atom is -0.368 e. The highest BCUT2D eigenvalue weighted by Crippen LogP contribution is 2.07. The summed E-state index contributed by atoms with van der Waals surface area (Å²) in [7, 11) is 0. The van der Waals surface area contributed by atoms with E-state index in [1.807, 2.05) is 0 Å². The van der Waals surface area contributed by atoms with E-state index in [1.165, 1.54) is 17.5 Å². The monoisotopic (exact) mass is 200 g/mol. The van der Waals surface area contributed by atoms with Crippen LogP contribution in [0.1, 0.15) is 17.0 Å². The smallest absolute Gasteiger partial charge is 0.223 e. The molecule has 76 valence electrons. The van der Waals surface area contributed by atoms with Crippen molar-refractivity contribution in [2.24, 2.45) is 0 Å². The van der Waals surface area contributed by atoms with Crippen molar-refractivity contribution in [1.29, 1.82) is 0 Å². The summed E-state index contributed by atoms with van der Waals surface area (Å²) in [6, 6.07) is 8.27. The zero-order chi connectivity index (χ0) is 10.7. The molecule has 0 unspecified atom stereocenters. The third-order valence-corrected chi connectivity index (χ3v) is 2.12. The molecule has 0 atom stereocenters. The lowest BCUT2D eigenvalue weighted by Gasteiger charge is -2.01. The fourth-order valence-electron chi connectivity index (χ4n) is 1.32. The van der Waals surface area contributed by atoms with Gasteiger partial charge < -0.3 is 5.73 Å². The first kappa shape index (κ1) is 9.58. The summed E-state index contributed by atoms with van der Waals surface area (Å²) in [6.45, 7) is 2.06. The Morgan fingerprint density at radius 2 is 1.87 bits per heavy atom. The molecule has 0 bridgehead atoms. The maximum atomic E-state index is 5.47. The van der Waals surface area contributed by atoms with Crippen LogP contribution in [-0.4, -0.2) is 15.0 Å². The van der Waals surface area contributed by atoms with E-state index in [9.17, 15) is 0 Å². The average molecular weight is 200 g/mol. The number of rotatable bonds is 2. The molecule has 2 N–H and O–H groups in total. The number of hydrogen-bond donors (Lipinski definition) is 1. The molecule has 15 heavy (non-hydrogen) atoms. The van der Waals surface area contributed by atoms with Gasteiger partial charge in [0.25, 0.3) is 0 Å². The molecule has 0 aliphatic carbocycles. The van der Waals surface area contributed by atoms with E-state index in [-0.39, 0.29) is 5.95 Å². The third kappa shape index (κ3) is 2.49. The summed E-state index contributed by atoms with van der Waals surface area (Å²) in [4.78, 5) is 11.9. The number of benzene rings is 1. The van der Waals surface area contributed by atoms with Crippen molar-refractivity contribution >= 4 is 5.95 Å². The van der Waals surface area contributed by atoms with Crippen molar-refractivity contribution in [3.63, 3.8) is 0 Å². The Labute approximate surface area is 88.2 Å². The largest absolute Gasteiger partial charge is 0.368 e. The number of aromatic nitrogens is 3. The summed E-state index contributed by atoms with van der Waals surface area (Å²) < 4.78 is 0. The van der Waals surface area contributed by atoms with E-state index >= 15 is 0 Å². The van der Waals surface area contributed by atoms with Gasteiger partial charge in [-0.15, -0.1) is 0 Å². The summed E-state index contributed by atoms with van der Waals surface area (Å²) in [5.74, 6) is 0.971. The van der Waals surface area contributed by atoms with Gasteiger partial charge >= 0.3 is 0 Å². The predicted molar refractivity (Wildman–Crippen MR) is 58.2 cm³/mol. The van der Waals surface area contributed by atoms with E-state index in [4.69, 9.17) is 5.73 Å². The number of nitrogens with zero attached hydrogens (tertiary/aromatic N) is 3. The van der Waals surface area contributed by atoms with Crippen LogP contribution < -0.4 is 5.73 Å². The quantitative estimate of drug-likeness (QED) is 0.794. The molecule has 0 spiro atoms. The molecule has 0 amide bonds. The van der Waals surface area contributed by atoms with Gasteiger partial charge in [0, 0.05) is 6.42 Å². The van der Waals surface area contributed by atoms with E-state index in [0.29, 0.717) is 12.2 Å². The summed E-state index contributed by atoms with van der Waals surface area (Å²) in [5.41, 5.74) is 7.89. The van der Waals surface area contributed by atoms with Crippen LogP contribution in [0, 0.1) is 6.92 Å². The van der Waals surface area contributed by atoms with Crippen LogP contribution >= 0.6 is 0 Å². The normalized spacial score (nSPS) is 10.2. The van der Waals surface area contributed by atoms with Gasteiger partial charge in [-0.3, -0.25) is 0 Å². The van der Waals surface area contributed by atoms with Gasteiger partial charge in [-0.25, -0.2) is 9.97 Å². The molecular formula is C11H12N4. The van der Waals surface area contributed by atoms with Gasteiger partial charge in [0.05, 0.1) is 0 Å². The lowest BCUT2D eigenvalue weighted by atomic mass is 10.1. The number of hydrogen-bond acceptors (Lipinski definition) is 4. The Hall–Kier alpha value is -1.97. The first-order chi connectivity index (χ1) is 7.24. The fraction of sp³-hybridized carbons (Fsp3) is 0.182. The topological polar surface area (TPSA) is 64.7 Å². The van der Waals surface area contributed by atoms with Crippen molar-refractivity contribution < 1.29 is 0 Å². The molecule has 1 aromatic carbocycles. The number of nitrogen functional groups attached to an aromatic ring is 1. The molecule has 0 aliphatic heterocycles. The highest BCUT2D eigenvalue weighted by Gasteiger charge is 1.99. The van der Waals surface area contributed by atoms with Crippen LogP contribution in [0.4, 0.5) is 5.95 Å². The van der Waals surface area contributed by atoms with Crippen molar-refractivity contribution in [1.82, 2.24) is 15.0 Å². The number of anilines is 1. The lowest BCUT2D eigenvalue weighted by Crippen LogP contribution is -2.02. The Morgan fingerprint density at radius 1 is 1.13 bits per heavy atom. The van der Waals surface area contributed by atoms with E-state index in [1.54, 1.807) is 0 Å². The zero-order valence-corrected chi connectivity index (χ0v) is 8.51. The highest BCUT2D eigenvalue weighted by atomic mass is 15.1. The molecule has 0 saturated heterocycles. The minimum atomic E-state index is 0.270. The van der Waals surface area contributed by atoms with Crippen LogP contribution in [-0.2, 0) is 6.42 Å². The second-order valence-corrected chi connectivity index (χ2v) is 3.42. The van der Waals surface area contributed by atoms with Crippen molar-refractivity contribution in [2.45, 2.75) is 13.3 Å². The van der Waals surface area contributed by atoms with Crippen molar-refractivity contribution in [3.8, 4) is 0 Å². The van der Waals surface area contributed by atoms with Crippen LogP contribution in [0.2, 0.25) is 0 Å². The molecule has 0 radical (unpaired) electrons. The van der Waals surface area contributed by atoms with Gasteiger partial charge in [0.2, 0.25) is 5.95 Å². The molecule has 0 aliphatic rings. The third-order valence-electron chi connectivity index (χ3n) is 2.12. The molecule has 2 rings (SSSR count). The summed E-state index contributed by atoms with van der Waals surface area (Å²) in [6.07, 6.45) is 2.12. The molecular weight excluding hydrogens is 188 g/mol. The van der Waals surface area contributed by atoms with Gasteiger partial charge in [0.1, 0.15) is 12.2 Å². The first-order valence-corrected chi connectivity index (χ1v) is 4.73. The van der Waals surface area contributed by atoms with E-state index in [0.717, 1.165) is 0 Å².